The Kier molecular flexibility index (Phi) is 5.21. The lowest BCUT2D eigenvalue weighted by molar-refractivity contribution is 0.0901. The van der Waals surface area contributed by atoms with Gasteiger partial charge in [0.2, 0.25) is 0 Å². The van der Waals surface area contributed by atoms with Crippen molar-refractivity contribution in [2.24, 2.45) is 11.7 Å². The van der Waals surface area contributed by atoms with Crippen LogP contribution in [0.15, 0.2) is 36.5 Å². The van der Waals surface area contributed by atoms with Crippen molar-refractivity contribution < 1.29 is 9.59 Å². The van der Waals surface area contributed by atoms with E-state index in [1.165, 1.54) is 0 Å². The van der Waals surface area contributed by atoms with Gasteiger partial charge >= 0.3 is 0 Å². The summed E-state index contributed by atoms with van der Waals surface area (Å²) in [6.07, 6.45) is 5.58. The van der Waals surface area contributed by atoms with Gasteiger partial charge in [-0.15, -0.1) is 0 Å². The molecule has 3 aromatic rings. The molecule has 32 heavy (non-hydrogen) atoms. The zero-order valence-corrected chi connectivity index (χ0v) is 18.4. The van der Waals surface area contributed by atoms with Gasteiger partial charge in [-0.1, -0.05) is 18.2 Å². The molecule has 0 bridgehead atoms. The number of aromatic amines is 1. The van der Waals surface area contributed by atoms with Crippen LogP contribution >= 0.6 is 0 Å². The van der Waals surface area contributed by atoms with Crippen molar-refractivity contribution in [2.45, 2.75) is 57.7 Å². The van der Waals surface area contributed by atoms with Crippen LogP contribution in [0.2, 0.25) is 0 Å². The molecular formula is C25H29N5O2. The number of H-pyrrole nitrogens is 1. The Hall–Kier alpha value is -3.19. The van der Waals surface area contributed by atoms with Crippen molar-refractivity contribution in [1.29, 1.82) is 0 Å². The third-order valence-corrected chi connectivity index (χ3v) is 6.81. The van der Waals surface area contributed by atoms with Gasteiger partial charge in [0.25, 0.3) is 11.8 Å². The van der Waals surface area contributed by atoms with Crippen molar-refractivity contribution in [3.05, 3.63) is 64.6 Å². The van der Waals surface area contributed by atoms with E-state index in [9.17, 15) is 9.59 Å². The number of carbonyl (C=O) groups excluding carboxylic acids is 2. The van der Waals surface area contributed by atoms with Crippen LogP contribution in [0.3, 0.4) is 0 Å². The molecule has 166 valence electrons. The predicted octanol–water partition coefficient (Wildman–Crippen LogP) is 3.28. The molecule has 5 N–H and O–H groups in total. The number of benzene rings is 1. The highest BCUT2D eigenvalue weighted by Gasteiger charge is 2.36. The normalized spacial score (nSPS) is 21.1. The Bertz CT molecular complexity index is 1200. The number of nitrogens with two attached hydrogens (primary N) is 1. The maximum Gasteiger partial charge on any atom is 0.268 e. The summed E-state index contributed by atoms with van der Waals surface area (Å²) in [6, 6.07) is 9.67. The molecule has 1 aromatic carbocycles. The summed E-state index contributed by atoms with van der Waals surface area (Å²) >= 11 is 0. The molecule has 2 saturated carbocycles. The molecule has 0 spiro atoms. The van der Waals surface area contributed by atoms with E-state index in [0.29, 0.717) is 17.2 Å². The molecule has 7 nitrogen and oxygen atoms in total. The second-order valence-corrected chi connectivity index (χ2v) is 9.26. The highest BCUT2D eigenvalue weighted by Crippen LogP contribution is 2.41. The molecule has 2 fully saturated rings. The van der Waals surface area contributed by atoms with Gasteiger partial charge in [-0.25, -0.2) is 0 Å². The van der Waals surface area contributed by atoms with Crippen LogP contribution in [-0.2, 0) is 0 Å². The fourth-order valence-corrected chi connectivity index (χ4v) is 4.48. The maximum absolute atomic E-state index is 13.1. The summed E-state index contributed by atoms with van der Waals surface area (Å²) in [5, 5.41) is 7.20. The van der Waals surface area contributed by atoms with Crippen LogP contribution in [-0.4, -0.2) is 33.9 Å². The third-order valence-electron chi connectivity index (χ3n) is 6.81. The Morgan fingerprint density at radius 1 is 1.09 bits per heavy atom. The van der Waals surface area contributed by atoms with Crippen LogP contribution in [0, 0.1) is 19.8 Å². The number of amides is 2. The van der Waals surface area contributed by atoms with Gasteiger partial charge in [0.1, 0.15) is 5.69 Å². The van der Waals surface area contributed by atoms with Crippen molar-refractivity contribution in [3.8, 4) is 0 Å². The number of carbonyl (C=O) groups is 2. The molecule has 2 amide bonds. The molecule has 1 unspecified atom stereocenters. The van der Waals surface area contributed by atoms with Gasteiger partial charge in [-0.05, 0) is 68.7 Å². The van der Waals surface area contributed by atoms with Gasteiger partial charge in [0.15, 0.2) is 0 Å². The number of para-hydroxylation sites is 1. The van der Waals surface area contributed by atoms with Crippen LogP contribution in [0.4, 0.5) is 0 Å². The van der Waals surface area contributed by atoms with E-state index in [4.69, 9.17) is 5.73 Å². The summed E-state index contributed by atoms with van der Waals surface area (Å²) in [5.74, 6) is 0.0798. The van der Waals surface area contributed by atoms with Gasteiger partial charge in [-0.2, -0.15) is 0 Å². The van der Waals surface area contributed by atoms with E-state index in [1.54, 1.807) is 6.20 Å². The SMILES string of the molecule is Cc1cc(C(=O)N[C@@H]2CC[C@H]2N)cnc1C(NC(=O)c1cc2cccc(C)c2[nH]1)C1CC1. The van der Waals surface area contributed by atoms with E-state index in [-0.39, 0.29) is 29.9 Å². The first-order valence-electron chi connectivity index (χ1n) is 11.3. The van der Waals surface area contributed by atoms with Crippen LogP contribution < -0.4 is 16.4 Å². The van der Waals surface area contributed by atoms with Crippen molar-refractivity contribution in [2.75, 3.05) is 0 Å². The molecule has 2 aliphatic rings. The fourth-order valence-electron chi connectivity index (χ4n) is 4.48. The average Bonchev–Trinajstić information content (AvgIpc) is 3.52. The van der Waals surface area contributed by atoms with Gasteiger partial charge < -0.3 is 21.4 Å². The van der Waals surface area contributed by atoms with Crippen LogP contribution in [0.25, 0.3) is 10.9 Å². The molecule has 2 aromatic heterocycles. The first-order chi connectivity index (χ1) is 15.4. The number of rotatable bonds is 6. The lowest BCUT2D eigenvalue weighted by Gasteiger charge is -2.34. The number of hydrogen-bond acceptors (Lipinski definition) is 4. The first-order valence-corrected chi connectivity index (χ1v) is 11.3. The van der Waals surface area contributed by atoms with Crippen molar-refractivity contribution in [3.63, 3.8) is 0 Å². The minimum Gasteiger partial charge on any atom is -0.350 e. The zero-order valence-electron chi connectivity index (χ0n) is 18.4. The molecule has 0 aliphatic heterocycles. The minimum atomic E-state index is -0.174. The molecule has 0 radical (unpaired) electrons. The number of nitrogens with one attached hydrogen (secondary N) is 3. The summed E-state index contributed by atoms with van der Waals surface area (Å²) in [6.45, 7) is 3.97. The first kappa shape index (κ1) is 20.7. The molecule has 2 heterocycles. The molecule has 5 rings (SSSR count). The van der Waals surface area contributed by atoms with Gasteiger partial charge in [0.05, 0.1) is 17.3 Å². The number of hydrogen-bond donors (Lipinski definition) is 4. The Balaban J connectivity index is 1.35. The number of nitrogens with zero attached hydrogens (tertiary/aromatic N) is 1. The maximum atomic E-state index is 13.1. The molecular weight excluding hydrogens is 402 g/mol. The topological polar surface area (TPSA) is 113 Å². The molecule has 0 saturated heterocycles. The standard InChI is InChI=1S/C25H29N5O2/c1-13-4-3-5-16-11-20(28-21(13)16)25(32)30-23(15-6-7-15)22-14(2)10-17(12-27-22)24(31)29-19-9-8-18(19)26/h3-5,10-12,15,18-19,23,28H,6-9,26H2,1-2H3,(H,29,31)(H,30,32)/t18-,19-,23?/m1/s1. The lowest BCUT2D eigenvalue weighted by Crippen LogP contribution is -2.54. The number of fused-ring (bicyclic) bond motifs is 1. The second kappa shape index (κ2) is 8.06. The highest BCUT2D eigenvalue weighted by atomic mass is 16.2. The van der Waals surface area contributed by atoms with Crippen molar-refractivity contribution in [1.82, 2.24) is 20.6 Å². The molecule has 2 aliphatic carbocycles. The minimum absolute atomic E-state index is 0.0372. The van der Waals surface area contributed by atoms with Crippen LogP contribution in [0.1, 0.15) is 69.4 Å². The van der Waals surface area contributed by atoms with Crippen LogP contribution in [0.5, 0.6) is 0 Å². The summed E-state index contributed by atoms with van der Waals surface area (Å²) < 4.78 is 0. The number of aromatic nitrogens is 2. The number of pyridine rings is 1. The molecule has 3 atom stereocenters. The van der Waals surface area contributed by atoms with E-state index in [2.05, 4.69) is 20.6 Å². The summed E-state index contributed by atoms with van der Waals surface area (Å²) in [4.78, 5) is 33.5. The Morgan fingerprint density at radius 3 is 2.53 bits per heavy atom. The molecule has 7 heteroatoms. The quantitative estimate of drug-likeness (QED) is 0.480. The fraction of sp³-hybridized carbons (Fsp3) is 0.400. The summed E-state index contributed by atoms with van der Waals surface area (Å²) in [5.41, 5.74) is 10.8. The third kappa shape index (κ3) is 3.88. The van der Waals surface area contributed by atoms with E-state index >= 15 is 0 Å². The Morgan fingerprint density at radius 2 is 1.91 bits per heavy atom. The van der Waals surface area contributed by atoms with Gasteiger partial charge in [0, 0.05) is 29.2 Å². The Labute approximate surface area is 187 Å². The average molecular weight is 432 g/mol. The van der Waals surface area contributed by atoms with Crippen molar-refractivity contribution >= 4 is 22.7 Å². The lowest BCUT2D eigenvalue weighted by atomic mass is 9.87. The smallest absolute Gasteiger partial charge is 0.268 e. The second-order valence-electron chi connectivity index (χ2n) is 9.26. The van der Waals surface area contributed by atoms with E-state index in [0.717, 1.165) is 53.4 Å². The predicted molar refractivity (Wildman–Crippen MR) is 123 cm³/mol. The van der Waals surface area contributed by atoms with E-state index in [1.807, 2.05) is 44.2 Å². The zero-order chi connectivity index (χ0) is 22.4. The monoisotopic (exact) mass is 431 g/mol. The largest absolute Gasteiger partial charge is 0.350 e. The summed E-state index contributed by atoms with van der Waals surface area (Å²) in [7, 11) is 0. The van der Waals surface area contributed by atoms with Gasteiger partial charge in [-0.3, -0.25) is 14.6 Å². The number of aryl methyl sites for hydroxylation is 2. The highest BCUT2D eigenvalue weighted by molar-refractivity contribution is 5.99. The van der Waals surface area contributed by atoms with E-state index < -0.39 is 0 Å².